The number of halogens is 4. The summed E-state index contributed by atoms with van der Waals surface area (Å²) in [4.78, 5) is -0.0499. The van der Waals surface area contributed by atoms with E-state index >= 15 is 0 Å². The molecule has 19 heavy (non-hydrogen) atoms. The number of rotatable bonds is 2. The van der Waals surface area contributed by atoms with Crippen LogP contribution in [0.4, 0.5) is 4.39 Å². The molecule has 4 heteroatoms. The van der Waals surface area contributed by atoms with Crippen LogP contribution in [-0.4, -0.2) is 0 Å². The van der Waals surface area contributed by atoms with Gasteiger partial charge >= 0.3 is 0 Å². The molecule has 0 aromatic heterocycles. The van der Waals surface area contributed by atoms with Crippen LogP contribution < -0.4 is 0 Å². The van der Waals surface area contributed by atoms with Gasteiger partial charge in [0.15, 0.2) is 0 Å². The van der Waals surface area contributed by atoms with E-state index in [0.29, 0.717) is 16.1 Å². The lowest BCUT2D eigenvalue weighted by molar-refractivity contribution is 0.608. The van der Waals surface area contributed by atoms with Gasteiger partial charge in [-0.25, -0.2) is 4.39 Å². The van der Waals surface area contributed by atoms with Crippen molar-refractivity contribution in [3.63, 3.8) is 0 Å². The first-order chi connectivity index (χ1) is 8.90. The number of benzene rings is 2. The fourth-order valence-corrected chi connectivity index (χ4v) is 3.59. The molecular formula is C15H12Br2ClF. The number of aryl methyl sites for hydroxylation is 2. The van der Waals surface area contributed by atoms with Crippen molar-refractivity contribution in [2.45, 2.75) is 18.7 Å². The maximum Gasteiger partial charge on any atom is 0.129 e. The minimum atomic E-state index is -0.148. The Hall–Kier alpha value is -0.380. The maximum atomic E-state index is 13.7. The Labute approximate surface area is 134 Å². The smallest absolute Gasteiger partial charge is 0.129 e. The van der Waals surface area contributed by atoms with Crippen LogP contribution in [0.3, 0.4) is 0 Å². The van der Waals surface area contributed by atoms with E-state index in [4.69, 9.17) is 11.6 Å². The summed E-state index contributed by atoms with van der Waals surface area (Å²) in [7, 11) is 0. The molecule has 0 fully saturated rings. The molecule has 0 spiro atoms. The second-order valence-corrected chi connectivity index (χ2v) is 6.74. The third-order valence-electron chi connectivity index (χ3n) is 2.99. The number of hydrogen-bond donors (Lipinski definition) is 0. The molecule has 0 saturated heterocycles. The summed E-state index contributed by atoms with van der Waals surface area (Å²) < 4.78 is 14.6. The molecule has 0 saturated carbocycles. The minimum absolute atomic E-state index is 0.0499. The Morgan fingerprint density at radius 1 is 1.11 bits per heavy atom. The van der Waals surface area contributed by atoms with E-state index < -0.39 is 0 Å². The van der Waals surface area contributed by atoms with Gasteiger partial charge in [0.25, 0.3) is 0 Å². The first kappa shape index (κ1) is 15.0. The highest BCUT2D eigenvalue weighted by Gasteiger charge is 2.16. The van der Waals surface area contributed by atoms with Crippen LogP contribution in [0, 0.1) is 19.7 Å². The summed E-state index contributed by atoms with van der Waals surface area (Å²) >= 11 is 13.3. The molecular weight excluding hydrogens is 394 g/mol. The van der Waals surface area contributed by atoms with Crippen molar-refractivity contribution in [3.8, 4) is 0 Å². The van der Waals surface area contributed by atoms with E-state index in [9.17, 15) is 4.39 Å². The molecule has 0 amide bonds. The second-order valence-electron chi connectivity index (χ2n) is 4.50. The fraction of sp³-hybridized carbons (Fsp3) is 0.200. The summed E-state index contributed by atoms with van der Waals surface area (Å²) in [6.07, 6.45) is 0. The zero-order chi connectivity index (χ0) is 14.2. The molecule has 2 aromatic rings. The van der Waals surface area contributed by atoms with Crippen molar-refractivity contribution in [1.29, 1.82) is 0 Å². The first-order valence-electron chi connectivity index (χ1n) is 5.76. The van der Waals surface area contributed by atoms with Crippen molar-refractivity contribution in [3.05, 3.63) is 67.9 Å². The van der Waals surface area contributed by atoms with Crippen LogP contribution in [0.2, 0.25) is 5.02 Å². The van der Waals surface area contributed by atoms with Gasteiger partial charge in [-0.1, -0.05) is 61.7 Å². The molecule has 0 nitrogen and oxygen atoms in total. The molecule has 0 bridgehead atoms. The van der Waals surface area contributed by atoms with Crippen LogP contribution in [0.5, 0.6) is 0 Å². The molecule has 0 radical (unpaired) electrons. The van der Waals surface area contributed by atoms with E-state index in [1.54, 1.807) is 13.8 Å². The standard InChI is InChI=1S/C15H12Br2ClF/c1-8-5-10(6-9(2)15(8)19)14(17)12-4-3-11(16)7-13(12)18/h3-7,14H,1-2H3. The van der Waals surface area contributed by atoms with Gasteiger partial charge in [-0.05, 0) is 48.2 Å². The van der Waals surface area contributed by atoms with Crippen LogP contribution in [0.25, 0.3) is 0 Å². The lowest BCUT2D eigenvalue weighted by atomic mass is 10.00. The lowest BCUT2D eigenvalue weighted by Crippen LogP contribution is -1.98. The quantitative estimate of drug-likeness (QED) is 0.510. The van der Waals surface area contributed by atoms with E-state index in [0.717, 1.165) is 15.6 Å². The predicted molar refractivity (Wildman–Crippen MR) is 85.8 cm³/mol. The van der Waals surface area contributed by atoms with E-state index in [2.05, 4.69) is 31.9 Å². The highest BCUT2D eigenvalue weighted by atomic mass is 79.9. The minimum Gasteiger partial charge on any atom is -0.206 e. The summed E-state index contributed by atoms with van der Waals surface area (Å²) in [5.41, 5.74) is 3.26. The summed E-state index contributed by atoms with van der Waals surface area (Å²) in [5.74, 6) is -0.148. The third-order valence-corrected chi connectivity index (χ3v) is 4.83. The van der Waals surface area contributed by atoms with Crippen LogP contribution in [-0.2, 0) is 0 Å². The number of alkyl halides is 1. The maximum absolute atomic E-state index is 13.7. The molecule has 0 heterocycles. The van der Waals surface area contributed by atoms with Gasteiger partial charge in [0.2, 0.25) is 0 Å². The fourth-order valence-electron chi connectivity index (χ4n) is 2.01. The Kier molecular flexibility index (Phi) is 4.70. The molecule has 0 N–H and O–H groups in total. The molecule has 2 rings (SSSR count). The Bertz CT molecular complexity index is 603. The van der Waals surface area contributed by atoms with Crippen molar-refractivity contribution in [1.82, 2.24) is 0 Å². The van der Waals surface area contributed by atoms with Gasteiger partial charge in [-0.15, -0.1) is 0 Å². The molecule has 100 valence electrons. The number of hydrogen-bond acceptors (Lipinski definition) is 0. The predicted octanol–water partition coefficient (Wildman–Crippen LogP) is 6.34. The lowest BCUT2D eigenvalue weighted by Gasteiger charge is -2.15. The zero-order valence-electron chi connectivity index (χ0n) is 10.5. The Balaban J connectivity index is 2.47. The van der Waals surface area contributed by atoms with Gasteiger partial charge in [0.1, 0.15) is 5.82 Å². The van der Waals surface area contributed by atoms with Gasteiger partial charge in [-0.3, -0.25) is 0 Å². The highest BCUT2D eigenvalue weighted by Crippen LogP contribution is 2.37. The SMILES string of the molecule is Cc1cc(C(Br)c2ccc(Br)cc2Cl)cc(C)c1F. The average Bonchev–Trinajstić information content (AvgIpc) is 2.34. The molecule has 1 atom stereocenters. The summed E-state index contributed by atoms with van der Waals surface area (Å²) in [5, 5.41) is 0.677. The molecule has 0 aliphatic rings. The first-order valence-corrected chi connectivity index (χ1v) is 7.84. The summed E-state index contributed by atoms with van der Waals surface area (Å²) in [6, 6.07) is 9.45. The van der Waals surface area contributed by atoms with Gasteiger partial charge < -0.3 is 0 Å². The molecule has 1 unspecified atom stereocenters. The van der Waals surface area contributed by atoms with Crippen molar-refractivity contribution in [2.75, 3.05) is 0 Å². The van der Waals surface area contributed by atoms with Gasteiger partial charge in [0, 0.05) is 9.50 Å². The molecule has 2 aromatic carbocycles. The van der Waals surface area contributed by atoms with E-state index in [1.807, 2.05) is 30.3 Å². The van der Waals surface area contributed by atoms with Crippen molar-refractivity contribution < 1.29 is 4.39 Å². The van der Waals surface area contributed by atoms with E-state index in [-0.39, 0.29) is 10.6 Å². The van der Waals surface area contributed by atoms with Crippen LogP contribution in [0.15, 0.2) is 34.8 Å². The van der Waals surface area contributed by atoms with Gasteiger partial charge in [0.05, 0.1) is 4.83 Å². The third kappa shape index (κ3) is 3.21. The van der Waals surface area contributed by atoms with Crippen LogP contribution >= 0.6 is 43.5 Å². The topological polar surface area (TPSA) is 0 Å². The molecule has 0 aliphatic carbocycles. The zero-order valence-corrected chi connectivity index (χ0v) is 14.4. The monoisotopic (exact) mass is 404 g/mol. The van der Waals surface area contributed by atoms with Gasteiger partial charge in [-0.2, -0.15) is 0 Å². The normalized spacial score (nSPS) is 12.5. The Morgan fingerprint density at radius 2 is 1.68 bits per heavy atom. The summed E-state index contributed by atoms with van der Waals surface area (Å²) in [6.45, 7) is 3.55. The van der Waals surface area contributed by atoms with E-state index in [1.165, 1.54) is 0 Å². The molecule has 0 aliphatic heterocycles. The second kappa shape index (κ2) is 5.94. The van der Waals surface area contributed by atoms with Crippen molar-refractivity contribution >= 4 is 43.5 Å². The van der Waals surface area contributed by atoms with Crippen LogP contribution in [0.1, 0.15) is 27.1 Å². The highest BCUT2D eigenvalue weighted by molar-refractivity contribution is 9.10. The Morgan fingerprint density at radius 3 is 2.21 bits per heavy atom. The van der Waals surface area contributed by atoms with Crippen molar-refractivity contribution in [2.24, 2.45) is 0 Å². The average molecular weight is 407 g/mol. The largest absolute Gasteiger partial charge is 0.206 e.